The van der Waals surface area contributed by atoms with Gasteiger partial charge in [0, 0.05) is 7.11 Å². The first-order valence-corrected chi connectivity index (χ1v) is 4.12. The summed E-state index contributed by atoms with van der Waals surface area (Å²) in [5.41, 5.74) is 0.918. The smallest absolute Gasteiger partial charge is 0.293 e. The van der Waals surface area contributed by atoms with E-state index in [2.05, 4.69) is 4.74 Å². The summed E-state index contributed by atoms with van der Waals surface area (Å²) in [6.45, 7) is 0.938. The van der Waals surface area contributed by atoms with Gasteiger partial charge in [0.1, 0.15) is 12.4 Å². The maximum atomic E-state index is 9.92. The van der Waals surface area contributed by atoms with E-state index in [9.17, 15) is 4.79 Å². The number of ether oxygens (including phenoxy) is 3. The lowest BCUT2D eigenvalue weighted by Gasteiger charge is -2.05. The van der Waals surface area contributed by atoms with Crippen molar-refractivity contribution < 1.29 is 19.0 Å². The third kappa shape index (κ3) is 3.45. The fraction of sp³-hybridized carbons (Fsp3) is 0.300. The van der Waals surface area contributed by atoms with Gasteiger partial charge in [0.05, 0.1) is 0 Å². The molecule has 4 nitrogen and oxygen atoms in total. The average Bonchev–Trinajstić information content (AvgIpc) is 2.25. The topological polar surface area (TPSA) is 44.8 Å². The lowest BCUT2D eigenvalue weighted by molar-refractivity contribution is -0.129. The predicted molar refractivity (Wildman–Crippen MR) is 49.8 cm³/mol. The molecular weight excluding hydrogens is 184 g/mol. The van der Waals surface area contributed by atoms with Crippen molar-refractivity contribution in [2.75, 3.05) is 13.9 Å². The molecule has 4 heteroatoms. The van der Waals surface area contributed by atoms with Crippen LogP contribution < -0.4 is 4.74 Å². The normalized spacial score (nSPS) is 9.50. The van der Waals surface area contributed by atoms with Gasteiger partial charge < -0.3 is 14.2 Å². The van der Waals surface area contributed by atoms with Crippen LogP contribution in [0.15, 0.2) is 24.3 Å². The van der Waals surface area contributed by atoms with Crippen LogP contribution in [0.1, 0.15) is 5.56 Å². The summed E-state index contributed by atoms with van der Waals surface area (Å²) in [5.74, 6) is 0.724. The van der Waals surface area contributed by atoms with Crippen molar-refractivity contribution in [2.24, 2.45) is 0 Å². The fourth-order valence-electron chi connectivity index (χ4n) is 0.939. The maximum Gasteiger partial charge on any atom is 0.293 e. The summed E-state index contributed by atoms with van der Waals surface area (Å²) in [7, 11) is 1.56. The summed E-state index contributed by atoms with van der Waals surface area (Å²) in [6.07, 6.45) is 0. The second kappa shape index (κ2) is 5.99. The SMILES string of the molecule is COCOc1ccc(COC=O)cc1. The minimum absolute atomic E-state index is 0.226. The Balaban J connectivity index is 2.46. The molecule has 0 heterocycles. The standard InChI is InChI=1S/C10H12O4/c1-12-8-14-10-4-2-9(3-5-10)6-13-7-11/h2-5,7H,6,8H2,1H3. The van der Waals surface area contributed by atoms with E-state index < -0.39 is 0 Å². The first kappa shape index (κ1) is 10.5. The van der Waals surface area contributed by atoms with Crippen molar-refractivity contribution in [1.82, 2.24) is 0 Å². The van der Waals surface area contributed by atoms with E-state index in [1.807, 2.05) is 12.1 Å². The predicted octanol–water partition coefficient (Wildman–Crippen LogP) is 1.34. The van der Waals surface area contributed by atoms with Crippen molar-refractivity contribution in [3.8, 4) is 5.75 Å². The Kier molecular flexibility index (Phi) is 4.50. The average molecular weight is 196 g/mol. The summed E-state index contributed by atoms with van der Waals surface area (Å²) < 4.78 is 14.5. The van der Waals surface area contributed by atoms with E-state index in [1.165, 1.54) is 0 Å². The highest BCUT2D eigenvalue weighted by Gasteiger charge is 1.95. The molecule has 14 heavy (non-hydrogen) atoms. The summed E-state index contributed by atoms with van der Waals surface area (Å²) in [5, 5.41) is 0. The highest BCUT2D eigenvalue weighted by Crippen LogP contribution is 2.12. The van der Waals surface area contributed by atoms with E-state index in [0.29, 0.717) is 6.47 Å². The zero-order valence-electron chi connectivity index (χ0n) is 7.93. The lowest BCUT2D eigenvalue weighted by Crippen LogP contribution is -1.98. The molecule has 0 aliphatic heterocycles. The quantitative estimate of drug-likeness (QED) is 0.508. The number of hydrogen-bond acceptors (Lipinski definition) is 4. The molecule has 0 aromatic heterocycles. The van der Waals surface area contributed by atoms with Gasteiger partial charge in [-0.15, -0.1) is 0 Å². The van der Waals surface area contributed by atoms with E-state index in [-0.39, 0.29) is 13.4 Å². The van der Waals surface area contributed by atoms with Crippen LogP contribution >= 0.6 is 0 Å². The van der Waals surface area contributed by atoms with Crippen LogP contribution in [-0.4, -0.2) is 20.4 Å². The number of carbonyl (C=O) groups excluding carboxylic acids is 1. The minimum Gasteiger partial charge on any atom is -0.468 e. The van der Waals surface area contributed by atoms with Gasteiger partial charge in [-0.05, 0) is 17.7 Å². The van der Waals surface area contributed by atoms with Gasteiger partial charge in [0.15, 0.2) is 6.79 Å². The van der Waals surface area contributed by atoms with Crippen molar-refractivity contribution in [1.29, 1.82) is 0 Å². The first-order valence-electron chi connectivity index (χ1n) is 4.12. The summed E-state index contributed by atoms with van der Waals surface area (Å²) in [4.78, 5) is 9.92. The molecule has 0 atom stereocenters. The molecule has 0 bridgehead atoms. The van der Waals surface area contributed by atoms with E-state index >= 15 is 0 Å². The van der Waals surface area contributed by atoms with Crippen molar-refractivity contribution in [3.05, 3.63) is 29.8 Å². The molecule has 0 saturated carbocycles. The highest BCUT2D eigenvalue weighted by atomic mass is 16.7. The maximum absolute atomic E-state index is 9.92. The highest BCUT2D eigenvalue weighted by molar-refractivity contribution is 5.37. The fourth-order valence-corrected chi connectivity index (χ4v) is 0.939. The molecule has 0 aliphatic carbocycles. The zero-order valence-corrected chi connectivity index (χ0v) is 7.93. The van der Waals surface area contributed by atoms with Gasteiger partial charge in [0.25, 0.3) is 6.47 Å². The third-order valence-corrected chi connectivity index (χ3v) is 1.58. The molecule has 76 valence electrons. The van der Waals surface area contributed by atoms with Gasteiger partial charge in [0.2, 0.25) is 0 Å². The number of benzene rings is 1. The first-order chi connectivity index (χ1) is 6.86. The van der Waals surface area contributed by atoms with E-state index in [1.54, 1.807) is 19.2 Å². The second-order valence-corrected chi connectivity index (χ2v) is 2.60. The largest absolute Gasteiger partial charge is 0.468 e. The molecular formula is C10H12O4. The zero-order chi connectivity index (χ0) is 10.2. The van der Waals surface area contributed by atoms with Crippen LogP contribution in [0.2, 0.25) is 0 Å². The van der Waals surface area contributed by atoms with Crippen LogP contribution in [0, 0.1) is 0 Å². The molecule has 0 amide bonds. The van der Waals surface area contributed by atoms with Crippen LogP contribution in [-0.2, 0) is 20.9 Å². The summed E-state index contributed by atoms with van der Waals surface area (Å²) in [6, 6.07) is 7.24. The van der Waals surface area contributed by atoms with Crippen molar-refractivity contribution >= 4 is 6.47 Å². The number of hydrogen-bond donors (Lipinski definition) is 0. The Morgan fingerprint density at radius 3 is 2.57 bits per heavy atom. The second-order valence-electron chi connectivity index (χ2n) is 2.60. The van der Waals surface area contributed by atoms with Crippen molar-refractivity contribution in [3.63, 3.8) is 0 Å². The molecule has 0 fully saturated rings. The van der Waals surface area contributed by atoms with Gasteiger partial charge in [-0.1, -0.05) is 12.1 Å². The van der Waals surface area contributed by atoms with Gasteiger partial charge in [-0.2, -0.15) is 0 Å². The molecule has 0 N–H and O–H groups in total. The Hall–Kier alpha value is -1.55. The molecule has 1 aromatic rings. The Bertz CT molecular complexity index is 268. The Morgan fingerprint density at radius 1 is 1.29 bits per heavy atom. The number of rotatable bonds is 6. The van der Waals surface area contributed by atoms with Crippen LogP contribution in [0.5, 0.6) is 5.75 Å². The van der Waals surface area contributed by atoms with Crippen molar-refractivity contribution in [2.45, 2.75) is 6.61 Å². The van der Waals surface area contributed by atoms with Gasteiger partial charge in [-0.25, -0.2) is 0 Å². The van der Waals surface area contributed by atoms with E-state index in [4.69, 9.17) is 9.47 Å². The third-order valence-electron chi connectivity index (χ3n) is 1.58. The number of carbonyl (C=O) groups is 1. The van der Waals surface area contributed by atoms with Crippen LogP contribution in [0.3, 0.4) is 0 Å². The molecule has 0 aliphatic rings. The molecule has 0 radical (unpaired) electrons. The minimum atomic E-state index is 0.226. The lowest BCUT2D eigenvalue weighted by atomic mass is 10.2. The summed E-state index contributed by atoms with van der Waals surface area (Å²) >= 11 is 0. The van der Waals surface area contributed by atoms with Gasteiger partial charge >= 0.3 is 0 Å². The molecule has 1 rings (SSSR count). The Morgan fingerprint density at radius 2 is 2.00 bits per heavy atom. The van der Waals surface area contributed by atoms with Crippen LogP contribution in [0.4, 0.5) is 0 Å². The van der Waals surface area contributed by atoms with Gasteiger partial charge in [-0.3, -0.25) is 4.79 Å². The molecule has 0 unspecified atom stereocenters. The molecule has 1 aromatic carbocycles. The monoisotopic (exact) mass is 196 g/mol. The molecule has 0 spiro atoms. The number of methoxy groups -OCH3 is 1. The van der Waals surface area contributed by atoms with E-state index in [0.717, 1.165) is 11.3 Å². The molecule has 0 saturated heterocycles. The van der Waals surface area contributed by atoms with Crippen LogP contribution in [0.25, 0.3) is 0 Å². The Labute approximate surface area is 82.4 Å².